The molecule has 7 rings (SSSR count). The van der Waals surface area contributed by atoms with Crippen molar-refractivity contribution in [3.8, 4) is 22.8 Å². The average Bonchev–Trinajstić information content (AvgIpc) is 3.86. The van der Waals surface area contributed by atoms with Crippen molar-refractivity contribution in [2.75, 3.05) is 101 Å². The van der Waals surface area contributed by atoms with Gasteiger partial charge in [-0.05, 0) is 84.6 Å². The molecule has 0 radical (unpaired) electrons. The van der Waals surface area contributed by atoms with Crippen molar-refractivity contribution in [3.05, 3.63) is 101 Å². The molecule has 13 nitrogen and oxygen atoms in total. The van der Waals surface area contributed by atoms with E-state index in [1.807, 2.05) is 48.5 Å². The van der Waals surface area contributed by atoms with Crippen molar-refractivity contribution >= 4 is 50.5 Å². The molecule has 5 heterocycles. The maximum absolute atomic E-state index is 12.7. The normalized spacial score (nSPS) is 15.0. The number of likely N-dealkylation sites (N-methyl/N-ethyl adjacent to an activating group) is 2. The van der Waals surface area contributed by atoms with E-state index in [0.29, 0.717) is 21.6 Å². The number of methoxy groups -OCH3 is 2. The minimum Gasteiger partial charge on any atom is -0.495 e. The van der Waals surface area contributed by atoms with Gasteiger partial charge in [0.05, 0.1) is 36.7 Å². The van der Waals surface area contributed by atoms with Gasteiger partial charge in [-0.2, -0.15) is 0 Å². The molecule has 0 unspecified atom stereocenters. The lowest BCUT2D eigenvalue weighted by molar-refractivity contribution is 0.101. The Morgan fingerprint density at radius 2 is 1.13 bits per heavy atom. The number of carbonyl (C=O) groups is 2. The number of ether oxygens (including phenoxy) is 2. The van der Waals surface area contributed by atoms with Gasteiger partial charge in [0, 0.05) is 87.8 Å². The van der Waals surface area contributed by atoms with Crippen molar-refractivity contribution in [2.24, 2.45) is 0 Å². The van der Waals surface area contributed by atoms with Crippen LogP contribution in [0.2, 0.25) is 0 Å². The molecule has 5 aromatic rings. The fraction of sp³-hybridized carbons (Fsp3) is 0.308. The van der Waals surface area contributed by atoms with Crippen LogP contribution in [0.5, 0.6) is 11.5 Å². The van der Waals surface area contributed by atoms with Gasteiger partial charge in [-0.15, -0.1) is 0 Å². The number of halogens is 1. The van der Waals surface area contributed by atoms with Crippen LogP contribution < -0.4 is 29.9 Å². The van der Waals surface area contributed by atoms with Gasteiger partial charge in [0.1, 0.15) is 29.8 Å². The molecule has 2 fully saturated rings. The summed E-state index contributed by atoms with van der Waals surface area (Å²) in [6, 6.07) is 18.4. The van der Waals surface area contributed by atoms with Gasteiger partial charge in [0.2, 0.25) is 0 Å². The molecular formula is C39H44BrN7O6. The zero-order valence-electron chi connectivity index (χ0n) is 30.3. The largest absolute Gasteiger partial charge is 0.495 e. The van der Waals surface area contributed by atoms with E-state index in [-0.39, 0.29) is 11.8 Å². The first-order valence-corrected chi connectivity index (χ1v) is 18.1. The molecule has 2 aromatic carbocycles. The molecule has 2 saturated heterocycles. The summed E-state index contributed by atoms with van der Waals surface area (Å²) in [5.74, 6) is 1.81. The summed E-state index contributed by atoms with van der Waals surface area (Å²) in [6.07, 6.45) is 6.27. The van der Waals surface area contributed by atoms with Crippen LogP contribution in [0.25, 0.3) is 11.3 Å². The van der Waals surface area contributed by atoms with Gasteiger partial charge >= 0.3 is 0 Å². The third-order valence-electron chi connectivity index (χ3n) is 9.22. The Morgan fingerprint density at radius 3 is 1.58 bits per heavy atom. The lowest BCUT2D eigenvalue weighted by Crippen LogP contribution is -2.44. The Morgan fingerprint density at radius 1 is 0.660 bits per heavy atom. The first kappa shape index (κ1) is 37.4. The third kappa shape index (κ3) is 9.57. The number of pyridine rings is 1. The SMILES string of the molecule is COc1ccc(NC(=O)c2coc(-c3ccncc3)c2)cc1N1CCN(C)CC1.COc1ccc(NC(=O)c2coc(Br)c2)cc1N1CCN(C)CC1. The summed E-state index contributed by atoms with van der Waals surface area (Å²) < 4.78 is 22.2. The van der Waals surface area contributed by atoms with Crippen LogP contribution in [0.4, 0.5) is 22.7 Å². The summed E-state index contributed by atoms with van der Waals surface area (Å²) in [6.45, 7) is 7.69. The molecule has 0 atom stereocenters. The number of amides is 2. The predicted molar refractivity (Wildman–Crippen MR) is 210 cm³/mol. The van der Waals surface area contributed by atoms with Crippen LogP contribution in [-0.4, -0.2) is 107 Å². The molecule has 2 N–H and O–H groups in total. The number of rotatable bonds is 9. The average molecular weight is 787 g/mol. The smallest absolute Gasteiger partial charge is 0.258 e. The lowest BCUT2D eigenvalue weighted by Gasteiger charge is -2.34. The Hall–Kier alpha value is -5.31. The Balaban J connectivity index is 0.000000185. The molecule has 2 aliphatic heterocycles. The lowest BCUT2D eigenvalue weighted by atomic mass is 10.2. The molecule has 2 aliphatic rings. The highest BCUT2D eigenvalue weighted by atomic mass is 79.9. The summed E-state index contributed by atoms with van der Waals surface area (Å²) in [5, 5.41) is 5.86. The molecule has 3 aromatic heterocycles. The molecule has 278 valence electrons. The topological polar surface area (TPSA) is 129 Å². The second kappa shape index (κ2) is 17.5. The second-order valence-electron chi connectivity index (χ2n) is 12.8. The van der Waals surface area contributed by atoms with E-state index >= 15 is 0 Å². The molecule has 0 saturated carbocycles. The number of carbonyl (C=O) groups excluding carboxylic acids is 2. The molecule has 0 bridgehead atoms. The minimum atomic E-state index is -0.219. The summed E-state index contributed by atoms with van der Waals surface area (Å²) in [7, 11) is 7.57. The van der Waals surface area contributed by atoms with E-state index in [0.717, 1.165) is 92.2 Å². The third-order valence-corrected chi connectivity index (χ3v) is 9.63. The van der Waals surface area contributed by atoms with Crippen LogP contribution in [0, 0.1) is 0 Å². The number of nitrogens with one attached hydrogen (secondary N) is 2. The summed E-state index contributed by atoms with van der Waals surface area (Å²) >= 11 is 3.20. The van der Waals surface area contributed by atoms with Gasteiger partial charge in [0.25, 0.3) is 11.8 Å². The second-order valence-corrected chi connectivity index (χ2v) is 13.6. The van der Waals surface area contributed by atoms with Crippen LogP contribution in [0.15, 0.2) is 99.1 Å². The quantitative estimate of drug-likeness (QED) is 0.172. The van der Waals surface area contributed by atoms with Gasteiger partial charge in [0.15, 0.2) is 4.67 Å². The van der Waals surface area contributed by atoms with E-state index in [9.17, 15) is 9.59 Å². The number of furan rings is 2. The monoisotopic (exact) mass is 785 g/mol. The highest BCUT2D eigenvalue weighted by Crippen LogP contribution is 2.34. The zero-order chi connectivity index (χ0) is 37.3. The fourth-order valence-electron chi connectivity index (χ4n) is 6.08. The van der Waals surface area contributed by atoms with Crippen LogP contribution in [0.3, 0.4) is 0 Å². The maximum atomic E-state index is 12.7. The van der Waals surface area contributed by atoms with Gasteiger partial charge in [-0.3, -0.25) is 14.6 Å². The van der Waals surface area contributed by atoms with Gasteiger partial charge in [-0.25, -0.2) is 0 Å². The number of hydrogen-bond acceptors (Lipinski definition) is 11. The van der Waals surface area contributed by atoms with E-state index in [1.165, 1.54) is 12.5 Å². The number of benzene rings is 2. The first-order valence-electron chi connectivity index (χ1n) is 17.3. The number of piperazine rings is 2. The number of nitrogens with zero attached hydrogens (tertiary/aromatic N) is 5. The van der Waals surface area contributed by atoms with Crippen molar-refractivity contribution < 1.29 is 27.9 Å². The highest BCUT2D eigenvalue weighted by Gasteiger charge is 2.21. The fourth-order valence-corrected chi connectivity index (χ4v) is 6.42. The minimum absolute atomic E-state index is 0.209. The highest BCUT2D eigenvalue weighted by molar-refractivity contribution is 9.10. The van der Waals surface area contributed by atoms with E-state index in [4.69, 9.17) is 18.3 Å². The summed E-state index contributed by atoms with van der Waals surface area (Å²) in [4.78, 5) is 38.1. The first-order chi connectivity index (χ1) is 25.7. The van der Waals surface area contributed by atoms with Crippen molar-refractivity contribution in [3.63, 3.8) is 0 Å². The molecule has 0 spiro atoms. The van der Waals surface area contributed by atoms with E-state index in [2.05, 4.69) is 65.2 Å². The van der Waals surface area contributed by atoms with Crippen LogP contribution in [-0.2, 0) is 0 Å². The molecule has 14 heteroatoms. The molecule has 0 aliphatic carbocycles. The van der Waals surface area contributed by atoms with Crippen LogP contribution in [0.1, 0.15) is 20.7 Å². The Bertz CT molecular complexity index is 1990. The van der Waals surface area contributed by atoms with Crippen LogP contribution >= 0.6 is 15.9 Å². The standard InChI is InChI=1S/C22H24N4O3.C17H20BrN3O3/c1-25-9-11-26(12-10-25)19-14-18(3-4-20(19)28-2)24-22(27)17-13-21(29-15-17)16-5-7-23-8-6-16;1-20-5-7-21(8-6-20)14-10-13(3-4-15(14)23-2)19-17(22)12-9-16(18)24-11-12/h3-8,13-15H,9-12H2,1-2H3,(H,24,27);3-4,9-11H,5-8H2,1-2H3,(H,19,22). The Kier molecular flexibility index (Phi) is 12.3. The van der Waals surface area contributed by atoms with E-state index in [1.54, 1.807) is 38.7 Å². The van der Waals surface area contributed by atoms with Crippen molar-refractivity contribution in [1.29, 1.82) is 0 Å². The maximum Gasteiger partial charge on any atom is 0.258 e. The van der Waals surface area contributed by atoms with Crippen molar-refractivity contribution in [1.82, 2.24) is 14.8 Å². The zero-order valence-corrected chi connectivity index (χ0v) is 31.9. The molecule has 2 amide bonds. The number of anilines is 4. The Labute approximate surface area is 317 Å². The summed E-state index contributed by atoms with van der Waals surface area (Å²) in [5.41, 5.74) is 5.25. The molecular weight excluding hydrogens is 742 g/mol. The molecule has 53 heavy (non-hydrogen) atoms. The number of aromatic nitrogens is 1. The predicted octanol–water partition coefficient (Wildman–Crippen LogP) is 6.41. The van der Waals surface area contributed by atoms with E-state index < -0.39 is 0 Å². The van der Waals surface area contributed by atoms with Gasteiger partial charge in [-0.1, -0.05) is 0 Å². The number of hydrogen-bond donors (Lipinski definition) is 2. The van der Waals surface area contributed by atoms with Crippen molar-refractivity contribution in [2.45, 2.75) is 0 Å². The van der Waals surface area contributed by atoms with Gasteiger partial charge < -0.3 is 48.5 Å².